The molecule has 2 aromatic carbocycles. The first kappa shape index (κ1) is 17.9. The lowest BCUT2D eigenvalue weighted by atomic mass is 10.2. The predicted octanol–water partition coefficient (Wildman–Crippen LogP) is 3.93. The molecule has 3 N–H and O–H groups in total. The number of nitrogens with zero attached hydrogens (tertiary/aromatic N) is 1. The summed E-state index contributed by atoms with van der Waals surface area (Å²) >= 11 is 11.3. The number of carbonyl (C=O) groups is 1. The highest BCUT2D eigenvalue weighted by Gasteiger charge is 2.03. The fraction of sp³-hybridized carbons (Fsp3) is 0.118. The normalized spacial score (nSPS) is 10.5. The molecule has 0 saturated carbocycles. The number of nitrogens with one attached hydrogen (secondary N) is 3. The fourth-order valence-electron chi connectivity index (χ4n) is 1.91. The highest BCUT2D eigenvalue weighted by Crippen LogP contribution is 2.22. The van der Waals surface area contributed by atoms with E-state index in [1.807, 2.05) is 37.3 Å². The standard InChI is InChI=1S/C17H17ClN4OS/c1-11-15(18)4-3-5-16(11)21-17(24)22-19-10-13-6-8-14(9-7-13)20-12(2)23/h3-10H,1-2H3,(H,20,23)(H2,21,22,24)/b19-10-. The Hall–Kier alpha value is -2.44. The van der Waals surface area contributed by atoms with Crippen molar-refractivity contribution in [3.63, 3.8) is 0 Å². The van der Waals surface area contributed by atoms with E-state index in [-0.39, 0.29) is 5.91 Å². The van der Waals surface area contributed by atoms with Crippen LogP contribution in [0.5, 0.6) is 0 Å². The van der Waals surface area contributed by atoms with Gasteiger partial charge in [0.15, 0.2) is 5.11 Å². The van der Waals surface area contributed by atoms with Crippen molar-refractivity contribution in [1.82, 2.24) is 5.43 Å². The summed E-state index contributed by atoms with van der Waals surface area (Å²) in [5.41, 5.74) is 6.11. The van der Waals surface area contributed by atoms with E-state index in [1.54, 1.807) is 18.3 Å². The lowest BCUT2D eigenvalue weighted by Gasteiger charge is -2.10. The molecule has 1 amide bonds. The number of carbonyl (C=O) groups excluding carboxylic acids is 1. The Kier molecular flexibility index (Phi) is 6.28. The zero-order valence-corrected chi connectivity index (χ0v) is 14.8. The van der Waals surface area contributed by atoms with Crippen molar-refractivity contribution in [3.8, 4) is 0 Å². The van der Waals surface area contributed by atoms with Crippen molar-refractivity contribution >= 4 is 52.4 Å². The number of amides is 1. The van der Waals surface area contributed by atoms with Gasteiger partial charge >= 0.3 is 0 Å². The molecule has 24 heavy (non-hydrogen) atoms. The lowest BCUT2D eigenvalue weighted by molar-refractivity contribution is -0.114. The molecule has 0 atom stereocenters. The van der Waals surface area contributed by atoms with Crippen molar-refractivity contribution in [3.05, 3.63) is 58.6 Å². The molecule has 7 heteroatoms. The van der Waals surface area contributed by atoms with Crippen LogP contribution in [0, 0.1) is 6.92 Å². The minimum Gasteiger partial charge on any atom is -0.331 e. The third-order valence-corrected chi connectivity index (χ3v) is 3.73. The summed E-state index contributed by atoms with van der Waals surface area (Å²) in [6, 6.07) is 12.8. The van der Waals surface area contributed by atoms with E-state index in [0.717, 1.165) is 22.5 Å². The van der Waals surface area contributed by atoms with Gasteiger partial charge in [-0.2, -0.15) is 5.10 Å². The van der Waals surface area contributed by atoms with Gasteiger partial charge in [0.2, 0.25) is 5.91 Å². The maximum atomic E-state index is 11.0. The number of hydrazone groups is 1. The third kappa shape index (κ3) is 5.33. The maximum Gasteiger partial charge on any atom is 0.221 e. The van der Waals surface area contributed by atoms with Gasteiger partial charge in [0, 0.05) is 23.3 Å². The van der Waals surface area contributed by atoms with Crippen molar-refractivity contribution in [2.45, 2.75) is 13.8 Å². The molecule has 0 aliphatic heterocycles. The van der Waals surface area contributed by atoms with Gasteiger partial charge in [-0.15, -0.1) is 0 Å². The van der Waals surface area contributed by atoms with E-state index in [4.69, 9.17) is 23.8 Å². The van der Waals surface area contributed by atoms with E-state index in [1.165, 1.54) is 6.92 Å². The minimum absolute atomic E-state index is 0.106. The topological polar surface area (TPSA) is 65.5 Å². The molecule has 0 aromatic heterocycles. The fourth-order valence-corrected chi connectivity index (χ4v) is 2.25. The molecule has 2 aromatic rings. The first-order valence-corrected chi connectivity index (χ1v) is 7.97. The van der Waals surface area contributed by atoms with Gasteiger partial charge in [-0.25, -0.2) is 0 Å². The van der Waals surface area contributed by atoms with Gasteiger partial charge in [0.05, 0.1) is 6.21 Å². The molecule has 0 heterocycles. The molecule has 2 rings (SSSR count). The Balaban J connectivity index is 1.90. The largest absolute Gasteiger partial charge is 0.331 e. The predicted molar refractivity (Wildman–Crippen MR) is 104 cm³/mol. The molecule has 124 valence electrons. The van der Waals surface area contributed by atoms with Crippen molar-refractivity contribution < 1.29 is 4.79 Å². The van der Waals surface area contributed by atoms with E-state index in [0.29, 0.717) is 10.1 Å². The van der Waals surface area contributed by atoms with Crippen molar-refractivity contribution in [1.29, 1.82) is 0 Å². The summed E-state index contributed by atoms with van der Waals surface area (Å²) in [6.07, 6.45) is 1.64. The van der Waals surface area contributed by atoms with Crippen LogP contribution in [0.1, 0.15) is 18.1 Å². The van der Waals surface area contributed by atoms with E-state index < -0.39 is 0 Å². The third-order valence-electron chi connectivity index (χ3n) is 3.13. The van der Waals surface area contributed by atoms with Crippen LogP contribution in [-0.4, -0.2) is 17.2 Å². The van der Waals surface area contributed by atoms with E-state index in [9.17, 15) is 4.79 Å². The number of benzene rings is 2. The molecule has 0 spiro atoms. The van der Waals surface area contributed by atoms with Crippen LogP contribution in [0.3, 0.4) is 0 Å². The molecular weight excluding hydrogens is 344 g/mol. The Morgan fingerprint density at radius 1 is 1.17 bits per heavy atom. The highest BCUT2D eigenvalue weighted by molar-refractivity contribution is 7.80. The summed E-state index contributed by atoms with van der Waals surface area (Å²) < 4.78 is 0. The van der Waals surface area contributed by atoms with E-state index >= 15 is 0 Å². The second-order valence-corrected chi connectivity index (χ2v) is 5.86. The zero-order chi connectivity index (χ0) is 17.5. The monoisotopic (exact) mass is 360 g/mol. The van der Waals surface area contributed by atoms with Crippen LogP contribution in [0.2, 0.25) is 5.02 Å². The SMILES string of the molecule is CC(=O)Nc1ccc(/C=N\NC(=S)Nc2cccc(Cl)c2C)cc1. The molecule has 0 aliphatic rings. The average molecular weight is 361 g/mol. The average Bonchev–Trinajstić information content (AvgIpc) is 2.53. The quantitative estimate of drug-likeness (QED) is 0.439. The molecule has 0 saturated heterocycles. The summed E-state index contributed by atoms with van der Waals surface area (Å²) in [5, 5.41) is 10.9. The first-order chi connectivity index (χ1) is 11.5. The summed E-state index contributed by atoms with van der Waals surface area (Å²) in [5.74, 6) is -0.106. The summed E-state index contributed by atoms with van der Waals surface area (Å²) in [4.78, 5) is 11.0. The zero-order valence-electron chi connectivity index (χ0n) is 13.3. The number of halogens is 1. The number of anilines is 2. The number of thiocarbonyl (C=S) groups is 1. The lowest BCUT2D eigenvalue weighted by Crippen LogP contribution is -2.24. The van der Waals surface area contributed by atoms with E-state index in [2.05, 4.69) is 21.2 Å². The van der Waals surface area contributed by atoms with Crippen LogP contribution >= 0.6 is 23.8 Å². The van der Waals surface area contributed by atoms with Gasteiger partial charge in [-0.05, 0) is 54.5 Å². The molecular formula is C17H17ClN4OS. The van der Waals surface area contributed by atoms with Crippen LogP contribution in [0.15, 0.2) is 47.6 Å². The highest BCUT2D eigenvalue weighted by atomic mass is 35.5. The van der Waals surface area contributed by atoms with Gasteiger partial charge in [0.1, 0.15) is 0 Å². The van der Waals surface area contributed by atoms with Gasteiger partial charge in [-0.3, -0.25) is 10.2 Å². The molecule has 0 aliphatic carbocycles. The minimum atomic E-state index is -0.106. The van der Waals surface area contributed by atoms with Crippen LogP contribution in [-0.2, 0) is 4.79 Å². The number of hydrogen-bond donors (Lipinski definition) is 3. The second kappa shape index (κ2) is 8.42. The number of rotatable bonds is 4. The number of hydrogen-bond acceptors (Lipinski definition) is 3. The van der Waals surface area contributed by atoms with Crippen molar-refractivity contribution in [2.24, 2.45) is 5.10 Å². The van der Waals surface area contributed by atoms with Crippen LogP contribution < -0.4 is 16.1 Å². The smallest absolute Gasteiger partial charge is 0.221 e. The van der Waals surface area contributed by atoms with Gasteiger partial charge in [0.25, 0.3) is 0 Å². The Bertz CT molecular complexity index is 775. The van der Waals surface area contributed by atoms with Gasteiger partial charge < -0.3 is 10.6 Å². The Labute approximate surface area is 151 Å². The summed E-state index contributed by atoms with van der Waals surface area (Å²) in [6.45, 7) is 3.38. The first-order valence-electron chi connectivity index (χ1n) is 7.18. The Morgan fingerprint density at radius 3 is 2.54 bits per heavy atom. The van der Waals surface area contributed by atoms with Crippen molar-refractivity contribution in [2.75, 3.05) is 10.6 Å². The van der Waals surface area contributed by atoms with Gasteiger partial charge in [-0.1, -0.05) is 29.8 Å². The summed E-state index contributed by atoms with van der Waals surface area (Å²) in [7, 11) is 0. The molecule has 0 bridgehead atoms. The van der Waals surface area contributed by atoms with Crippen LogP contribution in [0.4, 0.5) is 11.4 Å². The maximum absolute atomic E-state index is 11.0. The second-order valence-electron chi connectivity index (χ2n) is 5.04. The van der Waals surface area contributed by atoms with Crippen LogP contribution in [0.25, 0.3) is 0 Å². The molecule has 0 fully saturated rings. The molecule has 0 unspecified atom stereocenters. The molecule has 5 nitrogen and oxygen atoms in total. The molecule has 0 radical (unpaired) electrons. The Morgan fingerprint density at radius 2 is 1.88 bits per heavy atom.